The predicted octanol–water partition coefficient (Wildman–Crippen LogP) is 5.93. The number of rotatable bonds is 7. The summed E-state index contributed by atoms with van der Waals surface area (Å²) < 4.78 is 22.2. The number of aromatic nitrogens is 3. The van der Waals surface area contributed by atoms with Gasteiger partial charge in [0.1, 0.15) is 12.4 Å². The molecule has 0 amide bonds. The van der Waals surface area contributed by atoms with E-state index in [9.17, 15) is 4.39 Å². The number of ether oxygens (including phenoxy) is 1. The van der Waals surface area contributed by atoms with E-state index in [4.69, 9.17) is 21.3 Å². The SMILES string of the molecule is Fc1ccc(Cn2c(N3CCNCC3)nc3c(-c4cccnc4OCc4ccccc4)cccc32)cc1Cl. The first-order chi connectivity index (χ1) is 18.7. The van der Waals surface area contributed by atoms with Crippen molar-refractivity contribution in [1.82, 2.24) is 19.9 Å². The summed E-state index contributed by atoms with van der Waals surface area (Å²) in [4.78, 5) is 12.0. The minimum atomic E-state index is -0.421. The zero-order valence-corrected chi connectivity index (χ0v) is 21.5. The number of anilines is 1. The third-order valence-corrected chi connectivity index (χ3v) is 7.05. The van der Waals surface area contributed by atoms with Crippen molar-refractivity contribution >= 4 is 28.6 Å². The molecule has 1 aliphatic rings. The average Bonchev–Trinajstić information content (AvgIpc) is 3.33. The number of pyridine rings is 1. The smallest absolute Gasteiger partial charge is 0.221 e. The second kappa shape index (κ2) is 10.8. The number of hydrogen-bond donors (Lipinski definition) is 1. The van der Waals surface area contributed by atoms with Crippen molar-refractivity contribution in [3.05, 3.63) is 107 Å². The fourth-order valence-electron chi connectivity index (χ4n) is 4.87. The molecule has 1 N–H and O–H groups in total. The van der Waals surface area contributed by atoms with Crippen molar-refractivity contribution in [1.29, 1.82) is 0 Å². The van der Waals surface area contributed by atoms with Crippen LogP contribution in [0.25, 0.3) is 22.2 Å². The maximum Gasteiger partial charge on any atom is 0.221 e. The molecule has 0 atom stereocenters. The molecule has 0 aliphatic carbocycles. The van der Waals surface area contributed by atoms with Crippen LogP contribution >= 0.6 is 11.6 Å². The van der Waals surface area contributed by atoms with Crippen LogP contribution in [0.3, 0.4) is 0 Å². The van der Waals surface area contributed by atoms with Gasteiger partial charge in [-0.1, -0.05) is 60.1 Å². The lowest BCUT2D eigenvalue weighted by Crippen LogP contribution is -2.44. The minimum Gasteiger partial charge on any atom is -0.472 e. The van der Waals surface area contributed by atoms with Crippen molar-refractivity contribution in [3.63, 3.8) is 0 Å². The standard InChI is InChI=1S/C30H27ClFN5O/c31-25-18-22(11-12-26(25)32)19-37-27-10-4-8-23(28(27)35-30(37)36-16-14-33-15-17-36)24-9-5-13-34-29(24)38-20-21-6-2-1-3-7-21/h1-13,18,33H,14-17,19-20H2. The Morgan fingerprint density at radius 1 is 0.895 bits per heavy atom. The Hall–Kier alpha value is -3.94. The fraction of sp³-hybridized carbons (Fsp3) is 0.200. The van der Waals surface area contributed by atoms with Gasteiger partial charge in [-0.05, 0) is 41.5 Å². The second-order valence-corrected chi connectivity index (χ2v) is 9.69. The molecule has 3 aromatic carbocycles. The van der Waals surface area contributed by atoms with E-state index in [0.29, 0.717) is 19.0 Å². The molecule has 1 aliphatic heterocycles. The molecule has 0 spiro atoms. The molecule has 0 bridgehead atoms. The first kappa shape index (κ1) is 24.4. The molecule has 8 heteroatoms. The van der Waals surface area contributed by atoms with Crippen molar-refractivity contribution in [2.45, 2.75) is 13.2 Å². The highest BCUT2D eigenvalue weighted by Crippen LogP contribution is 2.36. The van der Waals surface area contributed by atoms with Gasteiger partial charge in [-0.2, -0.15) is 0 Å². The van der Waals surface area contributed by atoms with Crippen molar-refractivity contribution in [2.24, 2.45) is 0 Å². The third-order valence-electron chi connectivity index (χ3n) is 6.76. The maximum absolute atomic E-state index is 13.9. The average molecular weight is 528 g/mol. The van der Waals surface area contributed by atoms with E-state index in [2.05, 4.69) is 31.9 Å². The van der Waals surface area contributed by atoms with Crippen LogP contribution in [0.5, 0.6) is 5.88 Å². The number of imidazole rings is 1. The van der Waals surface area contributed by atoms with Crippen LogP contribution < -0.4 is 15.0 Å². The predicted molar refractivity (Wildman–Crippen MR) is 149 cm³/mol. The van der Waals surface area contributed by atoms with Gasteiger partial charge in [-0.3, -0.25) is 0 Å². The van der Waals surface area contributed by atoms with Gasteiger partial charge in [-0.15, -0.1) is 0 Å². The van der Waals surface area contributed by atoms with E-state index < -0.39 is 5.82 Å². The number of benzene rings is 3. The van der Waals surface area contributed by atoms with E-state index in [-0.39, 0.29) is 5.02 Å². The van der Waals surface area contributed by atoms with E-state index in [0.717, 1.165) is 65.4 Å². The van der Waals surface area contributed by atoms with E-state index in [1.807, 2.05) is 48.5 Å². The summed E-state index contributed by atoms with van der Waals surface area (Å²) >= 11 is 6.12. The molecule has 3 heterocycles. The zero-order valence-electron chi connectivity index (χ0n) is 20.8. The summed E-state index contributed by atoms with van der Waals surface area (Å²) in [6.07, 6.45) is 1.74. The van der Waals surface area contributed by atoms with E-state index >= 15 is 0 Å². The maximum atomic E-state index is 13.9. The molecule has 2 aromatic heterocycles. The molecule has 0 unspecified atom stereocenters. The third kappa shape index (κ3) is 4.95. The van der Waals surface area contributed by atoms with Crippen molar-refractivity contribution < 1.29 is 9.13 Å². The van der Waals surface area contributed by atoms with Gasteiger partial charge in [0.05, 0.1) is 22.6 Å². The van der Waals surface area contributed by atoms with Crippen molar-refractivity contribution in [3.8, 4) is 17.0 Å². The Labute approximate surface area is 225 Å². The Kier molecular flexibility index (Phi) is 6.94. The lowest BCUT2D eigenvalue weighted by atomic mass is 10.1. The summed E-state index contributed by atoms with van der Waals surface area (Å²) in [5.41, 5.74) is 5.67. The monoisotopic (exact) mass is 527 g/mol. The molecule has 6 nitrogen and oxygen atoms in total. The summed E-state index contributed by atoms with van der Waals surface area (Å²) in [6, 6.07) is 25.0. The molecule has 1 saturated heterocycles. The van der Waals surface area contributed by atoms with Crippen LogP contribution in [0.2, 0.25) is 5.02 Å². The van der Waals surface area contributed by atoms with Gasteiger partial charge in [0.25, 0.3) is 0 Å². The van der Waals surface area contributed by atoms with Crippen LogP contribution in [-0.4, -0.2) is 40.7 Å². The highest BCUT2D eigenvalue weighted by Gasteiger charge is 2.22. The summed E-state index contributed by atoms with van der Waals surface area (Å²) in [5, 5.41) is 3.53. The number of piperazine rings is 1. The number of para-hydroxylation sites is 1. The first-order valence-corrected chi connectivity index (χ1v) is 13.1. The molecule has 0 radical (unpaired) electrons. The van der Waals surface area contributed by atoms with E-state index in [1.165, 1.54) is 6.07 Å². The molecule has 192 valence electrons. The zero-order chi connectivity index (χ0) is 25.9. The van der Waals surface area contributed by atoms with Gasteiger partial charge < -0.3 is 19.5 Å². The van der Waals surface area contributed by atoms with Crippen LogP contribution in [0, 0.1) is 5.82 Å². The lowest BCUT2D eigenvalue weighted by molar-refractivity contribution is 0.295. The Morgan fingerprint density at radius 2 is 1.71 bits per heavy atom. The number of nitrogens with zero attached hydrogens (tertiary/aromatic N) is 4. The number of hydrogen-bond acceptors (Lipinski definition) is 5. The van der Waals surface area contributed by atoms with Crippen LogP contribution in [-0.2, 0) is 13.2 Å². The summed E-state index contributed by atoms with van der Waals surface area (Å²) in [5.74, 6) is 1.02. The highest BCUT2D eigenvalue weighted by atomic mass is 35.5. The molecular formula is C30H27ClFN5O. The molecule has 5 aromatic rings. The largest absolute Gasteiger partial charge is 0.472 e. The molecule has 6 rings (SSSR count). The van der Waals surface area contributed by atoms with Gasteiger partial charge in [0, 0.05) is 43.5 Å². The molecule has 0 saturated carbocycles. The van der Waals surface area contributed by atoms with Gasteiger partial charge >= 0.3 is 0 Å². The van der Waals surface area contributed by atoms with Gasteiger partial charge in [0.15, 0.2) is 0 Å². The molecule has 1 fully saturated rings. The molecular weight excluding hydrogens is 501 g/mol. The van der Waals surface area contributed by atoms with Crippen LogP contribution in [0.15, 0.2) is 85.1 Å². The Bertz CT molecular complexity index is 1570. The summed E-state index contributed by atoms with van der Waals surface area (Å²) in [7, 11) is 0. The van der Waals surface area contributed by atoms with E-state index in [1.54, 1.807) is 18.3 Å². The highest BCUT2D eigenvalue weighted by molar-refractivity contribution is 6.30. The molecule has 38 heavy (non-hydrogen) atoms. The number of halogens is 2. The van der Waals surface area contributed by atoms with Gasteiger partial charge in [0.2, 0.25) is 11.8 Å². The topological polar surface area (TPSA) is 55.2 Å². The Morgan fingerprint density at radius 3 is 2.53 bits per heavy atom. The summed E-state index contributed by atoms with van der Waals surface area (Å²) in [6.45, 7) is 4.41. The number of nitrogens with one attached hydrogen (secondary N) is 1. The normalized spacial score (nSPS) is 13.7. The number of fused-ring (bicyclic) bond motifs is 1. The van der Waals surface area contributed by atoms with Gasteiger partial charge in [-0.25, -0.2) is 14.4 Å². The van der Waals surface area contributed by atoms with Crippen LogP contribution in [0.4, 0.5) is 10.3 Å². The lowest BCUT2D eigenvalue weighted by Gasteiger charge is -2.29. The van der Waals surface area contributed by atoms with Crippen LogP contribution in [0.1, 0.15) is 11.1 Å². The first-order valence-electron chi connectivity index (χ1n) is 12.7. The second-order valence-electron chi connectivity index (χ2n) is 9.29. The quantitative estimate of drug-likeness (QED) is 0.284. The Balaban J connectivity index is 1.44. The minimum absolute atomic E-state index is 0.117. The van der Waals surface area contributed by atoms with Crippen molar-refractivity contribution in [2.75, 3.05) is 31.1 Å². The fourth-order valence-corrected chi connectivity index (χ4v) is 5.07.